The first-order valence-electron chi connectivity index (χ1n) is 19.5. The van der Waals surface area contributed by atoms with Crippen molar-refractivity contribution in [2.75, 3.05) is 0 Å². The van der Waals surface area contributed by atoms with Crippen LogP contribution in [0.4, 0.5) is 0 Å². The van der Waals surface area contributed by atoms with Crippen LogP contribution >= 0.6 is 11.3 Å². The fourth-order valence-corrected chi connectivity index (χ4v) is 9.90. The Morgan fingerprint density at radius 1 is 0.345 bits per heavy atom. The summed E-state index contributed by atoms with van der Waals surface area (Å²) in [5, 5.41) is 9.86. The molecule has 5 heteroatoms. The number of aromatic nitrogens is 4. The lowest BCUT2D eigenvalue weighted by Crippen LogP contribution is -2.00. The second kappa shape index (κ2) is 13.1. The van der Waals surface area contributed by atoms with Gasteiger partial charge in [0.15, 0.2) is 17.5 Å². The van der Waals surface area contributed by atoms with E-state index in [1.165, 1.54) is 63.8 Å². The number of nitrogens with zero attached hydrogens (tertiary/aromatic N) is 4. The van der Waals surface area contributed by atoms with Gasteiger partial charge < -0.3 is 4.57 Å². The molecule has 0 spiro atoms. The standard InChI is InChI=1S/C53H32N4S/c1-2-12-33(13-3-1)37-17-10-18-38(30-37)51-54-52(39-25-24-34-14-4-5-16-36(34)31-39)56-53(55-51)40-26-28-42-43-21-11-23-47(50(43)58-48(42)32-40)57-45-22-9-8-20-44(45)49-41-19-7-6-15-35(41)27-29-46(49)57/h1-32H. The van der Waals surface area contributed by atoms with Crippen LogP contribution in [-0.4, -0.2) is 19.5 Å². The first-order chi connectivity index (χ1) is 28.7. The quantitative estimate of drug-likeness (QED) is 0.176. The lowest BCUT2D eigenvalue weighted by molar-refractivity contribution is 1.08. The molecule has 4 nitrogen and oxygen atoms in total. The SMILES string of the molecule is c1ccc(-c2cccc(-c3nc(-c4ccc5ccccc5c4)nc(-c4ccc5c(c4)sc4c(-n6c7ccccc7c7c8ccccc8ccc76)cccc45)n3)c2)cc1. The average molecular weight is 757 g/mol. The number of thiophene rings is 1. The lowest BCUT2D eigenvalue weighted by Gasteiger charge is -2.10. The minimum atomic E-state index is 0.642. The van der Waals surface area contributed by atoms with Gasteiger partial charge in [0, 0.05) is 42.9 Å². The molecule has 0 N–H and O–H groups in total. The van der Waals surface area contributed by atoms with E-state index in [1.807, 2.05) is 17.4 Å². The zero-order valence-electron chi connectivity index (χ0n) is 31.2. The number of para-hydroxylation sites is 1. The summed E-state index contributed by atoms with van der Waals surface area (Å²) in [7, 11) is 0. The predicted molar refractivity (Wildman–Crippen MR) is 244 cm³/mol. The second-order valence-corrected chi connectivity index (χ2v) is 15.9. The molecule has 0 saturated carbocycles. The van der Waals surface area contributed by atoms with Crippen molar-refractivity contribution in [3.63, 3.8) is 0 Å². The van der Waals surface area contributed by atoms with Gasteiger partial charge in [-0.2, -0.15) is 0 Å². The highest BCUT2D eigenvalue weighted by Crippen LogP contribution is 2.43. The molecule has 58 heavy (non-hydrogen) atoms. The third-order valence-corrected chi connectivity index (χ3v) is 12.6. The van der Waals surface area contributed by atoms with Crippen LogP contribution in [0.5, 0.6) is 0 Å². The summed E-state index contributed by atoms with van der Waals surface area (Å²) in [6.45, 7) is 0. The Bertz CT molecular complexity index is 3580. The Morgan fingerprint density at radius 2 is 0.948 bits per heavy atom. The summed E-state index contributed by atoms with van der Waals surface area (Å²) in [6.07, 6.45) is 0. The second-order valence-electron chi connectivity index (χ2n) is 14.8. The first kappa shape index (κ1) is 32.7. The van der Waals surface area contributed by atoms with Crippen molar-refractivity contribution in [2.45, 2.75) is 0 Å². The van der Waals surface area contributed by atoms with E-state index >= 15 is 0 Å². The van der Waals surface area contributed by atoms with Crippen molar-refractivity contribution in [3.05, 3.63) is 194 Å². The zero-order valence-corrected chi connectivity index (χ0v) is 32.0. The van der Waals surface area contributed by atoms with E-state index in [0.29, 0.717) is 17.5 Å². The molecule has 3 heterocycles. The maximum Gasteiger partial charge on any atom is 0.164 e. The third kappa shape index (κ3) is 5.25. The summed E-state index contributed by atoms with van der Waals surface area (Å²) in [5.74, 6) is 1.93. The summed E-state index contributed by atoms with van der Waals surface area (Å²) in [6, 6.07) is 69.1. The molecule has 0 atom stereocenters. The van der Waals surface area contributed by atoms with E-state index in [-0.39, 0.29) is 0 Å². The van der Waals surface area contributed by atoms with Crippen LogP contribution < -0.4 is 0 Å². The van der Waals surface area contributed by atoms with Gasteiger partial charge in [-0.3, -0.25) is 0 Å². The van der Waals surface area contributed by atoms with E-state index < -0.39 is 0 Å². The van der Waals surface area contributed by atoms with Gasteiger partial charge >= 0.3 is 0 Å². The van der Waals surface area contributed by atoms with Crippen LogP contribution in [0.15, 0.2) is 194 Å². The van der Waals surface area contributed by atoms with Gasteiger partial charge in [-0.05, 0) is 69.1 Å². The fraction of sp³-hybridized carbons (Fsp3) is 0. The van der Waals surface area contributed by atoms with Crippen molar-refractivity contribution < 1.29 is 0 Å². The molecule has 0 amide bonds. The fourth-order valence-electron chi connectivity index (χ4n) is 8.66. The number of hydrogen-bond donors (Lipinski definition) is 0. The maximum absolute atomic E-state index is 5.19. The van der Waals surface area contributed by atoms with E-state index in [9.17, 15) is 0 Å². The van der Waals surface area contributed by atoms with E-state index in [2.05, 4.69) is 193 Å². The summed E-state index contributed by atoms with van der Waals surface area (Å²) in [5.41, 5.74) is 8.71. The topological polar surface area (TPSA) is 43.6 Å². The minimum Gasteiger partial charge on any atom is -0.308 e. The van der Waals surface area contributed by atoms with E-state index in [0.717, 1.165) is 33.2 Å². The van der Waals surface area contributed by atoms with Gasteiger partial charge in [0.05, 0.1) is 21.4 Å². The highest BCUT2D eigenvalue weighted by Gasteiger charge is 2.19. The monoisotopic (exact) mass is 756 g/mol. The van der Waals surface area contributed by atoms with Crippen molar-refractivity contribution in [2.24, 2.45) is 0 Å². The van der Waals surface area contributed by atoms with Crippen LogP contribution in [0.1, 0.15) is 0 Å². The molecule has 0 aliphatic heterocycles. The van der Waals surface area contributed by atoms with Crippen molar-refractivity contribution in [1.82, 2.24) is 19.5 Å². The van der Waals surface area contributed by atoms with E-state index in [1.54, 1.807) is 0 Å². The van der Waals surface area contributed by atoms with Crippen LogP contribution in [0.25, 0.3) is 115 Å². The van der Waals surface area contributed by atoms with Gasteiger partial charge in [0.1, 0.15) is 0 Å². The molecule has 270 valence electrons. The molecule has 0 aliphatic carbocycles. The molecule has 0 aliphatic rings. The van der Waals surface area contributed by atoms with Gasteiger partial charge in [0.2, 0.25) is 0 Å². The van der Waals surface area contributed by atoms with Crippen molar-refractivity contribution in [3.8, 4) is 51.0 Å². The van der Waals surface area contributed by atoms with E-state index in [4.69, 9.17) is 15.0 Å². The summed E-state index contributed by atoms with van der Waals surface area (Å²) in [4.78, 5) is 15.5. The third-order valence-electron chi connectivity index (χ3n) is 11.4. The van der Waals surface area contributed by atoms with Gasteiger partial charge in [-0.15, -0.1) is 11.3 Å². The molecule has 0 radical (unpaired) electrons. The van der Waals surface area contributed by atoms with Crippen LogP contribution in [0, 0.1) is 0 Å². The average Bonchev–Trinajstić information content (AvgIpc) is 3.85. The normalized spacial score (nSPS) is 11.8. The van der Waals surface area contributed by atoms with Crippen molar-refractivity contribution in [1.29, 1.82) is 0 Å². The molecular weight excluding hydrogens is 725 g/mol. The lowest BCUT2D eigenvalue weighted by atomic mass is 10.0. The smallest absolute Gasteiger partial charge is 0.164 e. The molecule has 0 fully saturated rings. The number of benzene rings is 9. The molecule has 12 rings (SSSR count). The molecular formula is C53H32N4S. The molecule has 0 bridgehead atoms. The molecule has 0 saturated heterocycles. The maximum atomic E-state index is 5.19. The predicted octanol–water partition coefficient (Wildman–Crippen LogP) is 14.3. The Morgan fingerprint density at radius 3 is 1.79 bits per heavy atom. The molecule has 0 unspecified atom stereocenters. The van der Waals surface area contributed by atoms with Crippen molar-refractivity contribution >= 4 is 74.9 Å². The molecule has 9 aromatic carbocycles. The number of rotatable bonds is 5. The molecule has 12 aromatic rings. The number of hydrogen-bond acceptors (Lipinski definition) is 4. The summed E-state index contributed by atoms with van der Waals surface area (Å²) < 4.78 is 4.88. The van der Waals surface area contributed by atoms with Gasteiger partial charge in [0.25, 0.3) is 0 Å². The highest BCUT2D eigenvalue weighted by atomic mass is 32.1. The summed E-state index contributed by atoms with van der Waals surface area (Å²) >= 11 is 1.83. The Hall–Kier alpha value is -7.47. The largest absolute Gasteiger partial charge is 0.308 e. The minimum absolute atomic E-state index is 0.642. The Labute approximate surface area is 338 Å². The van der Waals surface area contributed by atoms with Crippen LogP contribution in [0.3, 0.4) is 0 Å². The Balaban J connectivity index is 1.04. The first-order valence-corrected chi connectivity index (χ1v) is 20.3. The Kier molecular flexibility index (Phi) is 7.37. The highest BCUT2D eigenvalue weighted by molar-refractivity contribution is 7.26. The van der Waals surface area contributed by atoms with Gasteiger partial charge in [-0.25, -0.2) is 15.0 Å². The van der Waals surface area contributed by atoms with Crippen LogP contribution in [-0.2, 0) is 0 Å². The zero-order chi connectivity index (χ0) is 38.2. The molecule has 3 aromatic heterocycles. The number of fused-ring (bicyclic) bond motifs is 9. The van der Waals surface area contributed by atoms with Crippen LogP contribution in [0.2, 0.25) is 0 Å². The van der Waals surface area contributed by atoms with Gasteiger partial charge in [-0.1, -0.05) is 158 Å².